The van der Waals surface area contributed by atoms with E-state index in [4.69, 9.17) is 0 Å². The summed E-state index contributed by atoms with van der Waals surface area (Å²) in [6.07, 6.45) is 3.18. The third kappa shape index (κ3) is 1.15. The van der Waals surface area contributed by atoms with Gasteiger partial charge in [-0.1, -0.05) is 6.92 Å². The fourth-order valence-corrected chi connectivity index (χ4v) is 1.24. The molecule has 0 saturated heterocycles. The molecule has 0 heterocycles. The highest BCUT2D eigenvalue weighted by Crippen LogP contribution is 2.48. The van der Waals surface area contributed by atoms with E-state index < -0.39 is 0 Å². The van der Waals surface area contributed by atoms with Gasteiger partial charge in [-0.3, -0.25) is 4.79 Å². The molecule has 2 heteroatoms. The quantitative estimate of drug-likeness (QED) is 0.631. The Bertz CT molecular complexity index is 138. The van der Waals surface area contributed by atoms with Gasteiger partial charge in [0.1, 0.15) is 0 Å². The topological polar surface area (TPSA) is 29.1 Å². The second-order valence-corrected chi connectivity index (χ2v) is 2.99. The number of hydrogen-bond donors (Lipinski definition) is 1. The summed E-state index contributed by atoms with van der Waals surface area (Å²) >= 11 is 0. The predicted octanol–water partition coefficient (Wildman–Crippen LogP) is 1.31. The van der Waals surface area contributed by atoms with Gasteiger partial charge in [0.15, 0.2) is 0 Å². The van der Waals surface area contributed by atoms with Crippen LogP contribution in [-0.2, 0) is 4.79 Å². The maximum absolute atomic E-state index is 11.2. The van der Waals surface area contributed by atoms with Crippen LogP contribution in [0.2, 0.25) is 0 Å². The van der Waals surface area contributed by atoms with E-state index in [1.54, 1.807) is 0 Å². The summed E-state index contributed by atoms with van der Waals surface area (Å²) in [7, 11) is 0. The van der Waals surface area contributed by atoms with Crippen molar-refractivity contribution in [2.24, 2.45) is 5.41 Å². The standard InChI is InChI=1S/C8H15NO/c1-3-8(5-6-8)7(10)9-4-2/h3-6H2,1-2H3,(H,9,10). The van der Waals surface area contributed by atoms with Gasteiger partial charge in [-0.15, -0.1) is 0 Å². The van der Waals surface area contributed by atoms with Gasteiger partial charge in [0, 0.05) is 12.0 Å². The van der Waals surface area contributed by atoms with E-state index in [-0.39, 0.29) is 11.3 Å². The third-order valence-electron chi connectivity index (χ3n) is 2.35. The van der Waals surface area contributed by atoms with Gasteiger partial charge in [0.2, 0.25) is 5.91 Å². The molecule has 1 aliphatic rings. The summed E-state index contributed by atoms with van der Waals surface area (Å²) < 4.78 is 0. The minimum atomic E-state index is 0.0516. The van der Waals surface area contributed by atoms with Crippen molar-refractivity contribution in [3.8, 4) is 0 Å². The van der Waals surface area contributed by atoms with E-state index in [0.717, 1.165) is 25.8 Å². The zero-order valence-electron chi connectivity index (χ0n) is 6.74. The van der Waals surface area contributed by atoms with E-state index in [1.165, 1.54) is 0 Å². The number of amides is 1. The lowest BCUT2D eigenvalue weighted by molar-refractivity contribution is -0.126. The summed E-state index contributed by atoms with van der Waals surface area (Å²) in [6, 6.07) is 0. The molecule has 1 amide bonds. The van der Waals surface area contributed by atoms with Crippen LogP contribution in [0.1, 0.15) is 33.1 Å². The molecule has 1 saturated carbocycles. The lowest BCUT2D eigenvalue weighted by Gasteiger charge is -2.10. The van der Waals surface area contributed by atoms with Crippen LogP contribution in [0.4, 0.5) is 0 Å². The van der Waals surface area contributed by atoms with Crippen molar-refractivity contribution in [3.63, 3.8) is 0 Å². The molecule has 0 unspecified atom stereocenters. The fraction of sp³-hybridized carbons (Fsp3) is 0.875. The Labute approximate surface area is 62.0 Å². The summed E-state index contributed by atoms with van der Waals surface area (Å²) in [4.78, 5) is 11.2. The van der Waals surface area contributed by atoms with Gasteiger partial charge in [0.25, 0.3) is 0 Å². The third-order valence-corrected chi connectivity index (χ3v) is 2.35. The Kier molecular flexibility index (Phi) is 1.97. The number of nitrogens with one attached hydrogen (secondary N) is 1. The highest BCUT2D eigenvalue weighted by molar-refractivity contribution is 5.85. The number of carbonyl (C=O) groups excluding carboxylic acids is 1. The first kappa shape index (κ1) is 7.58. The number of carbonyl (C=O) groups is 1. The molecule has 0 spiro atoms. The van der Waals surface area contributed by atoms with Crippen LogP contribution < -0.4 is 5.32 Å². The Balaban J connectivity index is 2.40. The Morgan fingerprint density at radius 2 is 2.10 bits per heavy atom. The average Bonchev–Trinajstić information content (AvgIpc) is 2.68. The van der Waals surface area contributed by atoms with Crippen LogP contribution in [0.5, 0.6) is 0 Å². The van der Waals surface area contributed by atoms with Crippen LogP contribution in [0, 0.1) is 5.41 Å². The summed E-state index contributed by atoms with van der Waals surface area (Å²) in [6.45, 7) is 4.81. The summed E-state index contributed by atoms with van der Waals surface area (Å²) in [5.41, 5.74) is 0.0516. The van der Waals surface area contributed by atoms with Crippen molar-refractivity contribution in [1.29, 1.82) is 0 Å². The first-order valence-electron chi connectivity index (χ1n) is 4.03. The van der Waals surface area contributed by atoms with E-state index in [9.17, 15) is 4.79 Å². The SMILES string of the molecule is CCNC(=O)C1(CC)CC1. The van der Waals surface area contributed by atoms with Crippen molar-refractivity contribution >= 4 is 5.91 Å². The second-order valence-electron chi connectivity index (χ2n) is 2.99. The Morgan fingerprint density at radius 1 is 1.50 bits per heavy atom. The molecule has 0 aromatic heterocycles. The maximum Gasteiger partial charge on any atom is 0.226 e. The second kappa shape index (κ2) is 2.60. The van der Waals surface area contributed by atoms with E-state index in [0.29, 0.717) is 0 Å². The molecule has 1 fully saturated rings. The molecular weight excluding hydrogens is 126 g/mol. The Hall–Kier alpha value is -0.530. The summed E-state index contributed by atoms with van der Waals surface area (Å²) in [5, 5.41) is 2.86. The minimum Gasteiger partial charge on any atom is -0.356 e. The molecule has 2 nitrogen and oxygen atoms in total. The van der Waals surface area contributed by atoms with Crippen molar-refractivity contribution in [2.75, 3.05) is 6.54 Å². The molecule has 0 aromatic carbocycles. The van der Waals surface area contributed by atoms with Crippen molar-refractivity contribution in [1.82, 2.24) is 5.32 Å². The molecule has 0 atom stereocenters. The van der Waals surface area contributed by atoms with E-state index in [2.05, 4.69) is 12.2 Å². The lowest BCUT2D eigenvalue weighted by Crippen LogP contribution is -2.31. The number of hydrogen-bond acceptors (Lipinski definition) is 1. The Morgan fingerprint density at radius 3 is 2.40 bits per heavy atom. The largest absolute Gasteiger partial charge is 0.356 e. The molecule has 1 aliphatic carbocycles. The van der Waals surface area contributed by atoms with Crippen molar-refractivity contribution in [3.05, 3.63) is 0 Å². The monoisotopic (exact) mass is 141 g/mol. The maximum atomic E-state index is 11.2. The molecular formula is C8H15NO. The van der Waals surface area contributed by atoms with Gasteiger partial charge in [-0.2, -0.15) is 0 Å². The van der Waals surface area contributed by atoms with E-state index in [1.807, 2.05) is 6.92 Å². The molecule has 0 radical (unpaired) electrons. The fourth-order valence-electron chi connectivity index (χ4n) is 1.24. The highest BCUT2D eigenvalue weighted by Gasteiger charge is 2.47. The molecule has 58 valence electrons. The van der Waals surface area contributed by atoms with Crippen molar-refractivity contribution < 1.29 is 4.79 Å². The molecule has 0 aliphatic heterocycles. The van der Waals surface area contributed by atoms with Gasteiger partial charge in [-0.25, -0.2) is 0 Å². The molecule has 0 bridgehead atoms. The van der Waals surface area contributed by atoms with Gasteiger partial charge in [-0.05, 0) is 26.2 Å². The zero-order valence-corrected chi connectivity index (χ0v) is 6.74. The van der Waals surface area contributed by atoms with Gasteiger partial charge >= 0.3 is 0 Å². The van der Waals surface area contributed by atoms with Crippen LogP contribution in [0.25, 0.3) is 0 Å². The highest BCUT2D eigenvalue weighted by atomic mass is 16.2. The van der Waals surface area contributed by atoms with Gasteiger partial charge in [0.05, 0.1) is 0 Å². The molecule has 1 N–H and O–H groups in total. The molecule has 10 heavy (non-hydrogen) atoms. The minimum absolute atomic E-state index is 0.0516. The predicted molar refractivity (Wildman–Crippen MR) is 40.6 cm³/mol. The van der Waals surface area contributed by atoms with Crippen LogP contribution in [0.3, 0.4) is 0 Å². The molecule has 0 aromatic rings. The number of rotatable bonds is 3. The van der Waals surface area contributed by atoms with Crippen LogP contribution >= 0.6 is 0 Å². The van der Waals surface area contributed by atoms with Crippen LogP contribution in [-0.4, -0.2) is 12.5 Å². The zero-order chi connectivity index (χ0) is 7.61. The first-order valence-corrected chi connectivity index (χ1v) is 4.03. The van der Waals surface area contributed by atoms with Gasteiger partial charge < -0.3 is 5.32 Å². The summed E-state index contributed by atoms with van der Waals surface area (Å²) in [5.74, 6) is 0.262. The van der Waals surface area contributed by atoms with Crippen LogP contribution in [0.15, 0.2) is 0 Å². The van der Waals surface area contributed by atoms with E-state index >= 15 is 0 Å². The normalized spacial score (nSPS) is 20.2. The lowest BCUT2D eigenvalue weighted by atomic mass is 10.0. The average molecular weight is 141 g/mol. The first-order chi connectivity index (χ1) is 4.75. The molecule has 1 rings (SSSR count). The van der Waals surface area contributed by atoms with Crippen molar-refractivity contribution in [2.45, 2.75) is 33.1 Å². The smallest absolute Gasteiger partial charge is 0.226 e.